The van der Waals surface area contributed by atoms with Gasteiger partial charge in [-0.1, -0.05) is 13.8 Å². The lowest BCUT2D eigenvalue weighted by molar-refractivity contribution is 0.135. The highest BCUT2D eigenvalue weighted by Crippen LogP contribution is 2.12. The van der Waals surface area contributed by atoms with Gasteiger partial charge in [-0.15, -0.1) is 0 Å². The fourth-order valence-corrected chi connectivity index (χ4v) is 2.32. The molecule has 5 nitrogen and oxygen atoms in total. The Morgan fingerprint density at radius 1 is 1.37 bits per heavy atom. The summed E-state index contributed by atoms with van der Waals surface area (Å²) in [5, 5.41) is 13.1. The van der Waals surface area contributed by atoms with Crippen molar-refractivity contribution in [2.45, 2.75) is 38.7 Å². The van der Waals surface area contributed by atoms with Crippen LogP contribution in [0, 0.1) is 0 Å². The predicted molar refractivity (Wildman–Crippen MR) is 76.3 cm³/mol. The molecule has 0 radical (unpaired) electrons. The van der Waals surface area contributed by atoms with Crippen LogP contribution in [0.1, 0.15) is 38.3 Å². The molecule has 5 heteroatoms. The zero-order chi connectivity index (χ0) is 13.7. The van der Waals surface area contributed by atoms with E-state index in [1.165, 1.54) is 12.8 Å². The van der Waals surface area contributed by atoms with Gasteiger partial charge in [-0.05, 0) is 37.9 Å². The third kappa shape index (κ3) is 4.44. The Balaban J connectivity index is 1.79. The van der Waals surface area contributed by atoms with Crippen LogP contribution in [0.15, 0.2) is 12.3 Å². The number of rotatable bonds is 6. The molecule has 2 heterocycles. The summed E-state index contributed by atoms with van der Waals surface area (Å²) in [6.07, 6.45) is 3.89. The average Bonchev–Trinajstić information content (AvgIpc) is 2.89. The van der Waals surface area contributed by atoms with Gasteiger partial charge in [0, 0.05) is 25.0 Å². The second-order valence-electron chi connectivity index (χ2n) is 5.50. The molecule has 0 spiro atoms. The Kier molecular flexibility index (Phi) is 5.10. The highest BCUT2D eigenvalue weighted by molar-refractivity contribution is 5.26. The van der Waals surface area contributed by atoms with Gasteiger partial charge >= 0.3 is 0 Å². The summed E-state index contributed by atoms with van der Waals surface area (Å²) < 4.78 is 0. The number of aliphatic hydroxyl groups is 1. The number of nitrogens with zero attached hydrogens (tertiary/aromatic N) is 3. The van der Waals surface area contributed by atoms with Crippen LogP contribution in [0.2, 0.25) is 0 Å². The molecule has 1 aromatic heterocycles. The zero-order valence-corrected chi connectivity index (χ0v) is 11.8. The van der Waals surface area contributed by atoms with E-state index in [9.17, 15) is 5.11 Å². The molecule has 1 aliphatic rings. The van der Waals surface area contributed by atoms with Gasteiger partial charge in [0.1, 0.15) is 0 Å². The third-order valence-corrected chi connectivity index (χ3v) is 3.43. The van der Waals surface area contributed by atoms with E-state index in [2.05, 4.69) is 34.0 Å². The Hall–Kier alpha value is -1.20. The lowest BCUT2D eigenvalue weighted by Crippen LogP contribution is -2.34. The van der Waals surface area contributed by atoms with Crippen molar-refractivity contribution < 1.29 is 5.11 Å². The van der Waals surface area contributed by atoms with E-state index in [1.807, 2.05) is 6.07 Å². The van der Waals surface area contributed by atoms with Crippen molar-refractivity contribution in [3.63, 3.8) is 0 Å². The van der Waals surface area contributed by atoms with Gasteiger partial charge in [-0.2, -0.15) is 0 Å². The van der Waals surface area contributed by atoms with Crippen LogP contribution < -0.4 is 5.32 Å². The van der Waals surface area contributed by atoms with E-state index in [0.29, 0.717) is 18.4 Å². The quantitative estimate of drug-likeness (QED) is 0.814. The number of β-amino-alcohol motifs (C(OH)–C–C–N with tert-alkyl or cyclic N) is 1. The number of hydrogen-bond acceptors (Lipinski definition) is 5. The SMILES string of the molecule is CC(C)c1ccnc(NC[C@H](O)CN2CCCC2)n1. The lowest BCUT2D eigenvalue weighted by atomic mass is 10.1. The number of aliphatic hydroxyl groups excluding tert-OH is 1. The minimum absolute atomic E-state index is 0.371. The number of likely N-dealkylation sites (tertiary alicyclic amines) is 1. The Morgan fingerprint density at radius 2 is 2.11 bits per heavy atom. The first kappa shape index (κ1) is 14.2. The molecular formula is C14H24N4O. The van der Waals surface area contributed by atoms with Crippen LogP contribution in [0.3, 0.4) is 0 Å². The van der Waals surface area contributed by atoms with Crippen molar-refractivity contribution in [3.8, 4) is 0 Å². The molecule has 0 bridgehead atoms. The van der Waals surface area contributed by atoms with Crippen molar-refractivity contribution in [3.05, 3.63) is 18.0 Å². The van der Waals surface area contributed by atoms with Gasteiger partial charge in [0.05, 0.1) is 6.10 Å². The molecular weight excluding hydrogens is 240 g/mol. The van der Waals surface area contributed by atoms with Crippen molar-refractivity contribution >= 4 is 5.95 Å². The summed E-state index contributed by atoms with van der Waals surface area (Å²) in [5.74, 6) is 0.991. The van der Waals surface area contributed by atoms with Gasteiger partial charge in [0.15, 0.2) is 0 Å². The van der Waals surface area contributed by atoms with Crippen LogP contribution in [-0.4, -0.2) is 52.3 Å². The maximum absolute atomic E-state index is 9.99. The number of hydrogen-bond donors (Lipinski definition) is 2. The van der Waals surface area contributed by atoms with Crippen LogP contribution >= 0.6 is 0 Å². The van der Waals surface area contributed by atoms with Crippen LogP contribution in [0.5, 0.6) is 0 Å². The van der Waals surface area contributed by atoms with Crippen molar-refractivity contribution in [1.29, 1.82) is 0 Å². The normalized spacial score (nSPS) is 17.9. The summed E-state index contributed by atoms with van der Waals surface area (Å²) in [6, 6.07) is 1.93. The molecule has 1 saturated heterocycles. The van der Waals surface area contributed by atoms with E-state index in [4.69, 9.17) is 0 Å². The molecule has 1 aromatic rings. The summed E-state index contributed by atoms with van der Waals surface area (Å²) in [7, 11) is 0. The Morgan fingerprint density at radius 3 is 2.79 bits per heavy atom. The van der Waals surface area contributed by atoms with Crippen molar-refractivity contribution in [2.75, 3.05) is 31.5 Å². The van der Waals surface area contributed by atoms with Crippen molar-refractivity contribution in [1.82, 2.24) is 14.9 Å². The Bertz CT molecular complexity index is 391. The second-order valence-corrected chi connectivity index (χ2v) is 5.50. The zero-order valence-electron chi connectivity index (χ0n) is 11.8. The summed E-state index contributed by atoms with van der Waals surface area (Å²) >= 11 is 0. The molecule has 0 saturated carbocycles. The number of aromatic nitrogens is 2. The minimum Gasteiger partial charge on any atom is -0.390 e. The molecule has 2 rings (SSSR count). The summed E-state index contributed by atoms with van der Waals surface area (Å²) in [4.78, 5) is 10.9. The first-order valence-corrected chi connectivity index (χ1v) is 7.12. The topological polar surface area (TPSA) is 61.3 Å². The van der Waals surface area contributed by atoms with Gasteiger partial charge < -0.3 is 15.3 Å². The first-order valence-electron chi connectivity index (χ1n) is 7.12. The average molecular weight is 264 g/mol. The third-order valence-electron chi connectivity index (χ3n) is 3.43. The van der Waals surface area contributed by atoms with Crippen LogP contribution in [0.25, 0.3) is 0 Å². The largest absolute Gasteiger partial charge is 0.390 e. The molecule has 1 fully saturated rings. The fourth-order valence-electron chi connectivity index (χ4n) is 2.32. The highest BCUT2D eigenvalue weighted by atomic mass is 16.3. The second kappa shape index (κ2) is 6.82. The lowest BCUT2D eigenvalue weighted by Gasteiger charge is -2.19. The summed E-state index contributed by atoms with van der Waals surface area (Å²) in [6.45, 7) is 7.66. The predicted octanol–water partition coefficient (Wildman–Crippen LogP) is 1.47. The molecule has 2 N–H and O–H groups in total. The molecule has 19 heavy (non-hydrogen) atoms. The van der Waals surface area contributed by atoms with Crippen molar-refractivity contribution in [2.24, 2.45) is 0 Å². The molecule has 0 unspecified atom stereocenters. The molecule has 1 aliphatic heterocycles. The van der Waals surface area contributed by atoms with Gasteiger partial charge in [-0.3, -0.25) is 0 Å². The monoisotopic (exact) mass is 264 g/mol. The highest BCUT2D eigenvalue weighted by Gasteiger charge is 2.15. The molecule has 0 aliphatic carbocycles. The van der Waals surface area contributed by atoms with Crippen LogP contribution in [0.4, 0.5) is 5.95 Å². The molecule has 0 amide bonds. The van der Waals surface area contributed by atoms with Gasteiger partial charge in [-0.25, -0.2) is 9.97 Å². The van der Waals surface area contributed by atoms with E-state index in [0.717, 1.165) is 25.3 Å². The number of anilines is 1. The van der Waals surface area contributed by atoms with E-state index in [1.54, 1.807) is 6.20 Å². The summed E-state index contributed by atoms with van der Waals surface area (Å²) in [5.41, 5.74) is 1.02. The molecule has 106 valence electrons. The minimum atomic E-state index is -0.371. The van der Waals surface area contributed by atoms with Gasteiger partial charge in [0.2, 0.25) is 5.95 Å². The van der Waals surface area contributed by atoms with Crippen LogP contribution in [-0.2, 0) is 0 Å². The Labute approximate surface area is 115 Å². The maximum atomic E-state index is 9.99. The molecule has 1 atom stereocenters. The maximum Gasteiger partial charge on any atom is 0.222 e. The standard InChI is InChI=1S/C14H24N4O/c1-11(2)13-5-6-15-14(17-13)16-9-12(19)10-18-7-3-4-8-18/h5-6,11-12,19H,3-4,7-10H2,1-2H3,(H,15,16,17)/t12-/m0/s1. The first-order chi connectivity index (χ1) is 9.15. The molecule has 0 aromatic carbocycles. The van der Waals surface area contributed by atoms with E-state index >= 15 is 0 Å². The smallest absolute Gasteiger partial charge is 0.222 e. The van der Waals surface area contributed by atoms with E-state index < -0.39 is 0 Å². The number of nitrogens with one attached hydrogen (secondary N) is 1. The fraction of sp³-hybridized carbons (Fsp3) is 0.714. The van der Waals surface area contributed by atoms with Gasteiger partial charge in [0.25, 0.3) is 0 Å². The van der Waals surface area contributed by atoms with E-state index in [-0.39, 0.29) is 6.10 Å².